The minimum Gasteiger partial charge on any atom is -0.497 e. The Labute approximate surface area is 105 Å². The predicted molar refractivity (Wildman–Crippen MR) is 71.5 cm³/mol. The van der Waals surface area contributed by atoms with Crippen LogP contribution in [-0.4, -0.2) is 14.2 Å². The highest BCUT2D eigenvalue weighted by Crippen LogP contribution is 2.16. The standard InChI is InChI=1S/C15H17NO/c1-16(14-6-4-3-5-7-14)12-13-8-10-15(17-2)11-9-13/h3-11H,12H2,1-2H3/i12D2. The lowest BCUT2D eigenvalue weighted by Gasteiger charge is -2.19. The highest BCUT2D eigenvalue weighted by molar-refractivity contribution is 5.45. The second-order valence-electron chi connectivity index (χ2n) is 3.73. The Morgan fingerprint density at radius 2 is 1.71 bits per heavy atom. The average molecular weight is 229 g/mol. The van der Waals surface area contributed by atoms with Crippen LogP contribution in [0.25, 0.3) is 0 Å². The highest BCUT2D eigenvalue weighted by Gasteiger charge is 2.01. The molecule has 0 aliphatic heterocycles. The molecule has 0 saturated carbocycles. The number of hydrogen-bond donors (Lipinski definition) is 0. The van der Waals surface area contributed by atoms with Crippen LogP contribution in [0.15, 0.2) is 54.6 Å². The smallest absolute Gasteiger partial charge is 0.118 e. The van der Waals surface area contributed by atoms with Gasteiger partial charge in [0, 0.05) is 19.2 Å². The summed E-state index contributed by atoms with van der Waals surface area (Å²) in [7, 11) is 3.35. The molecule has 0 amide bonds. The minimum absolute atomic E-state index is 0.597. The SMILES string of the molecule is [2H]C([2H])(c1ccc(OC)cc1)N(C)c1ccccc1. The van der Waals surface area contributed by atoms with Crippen LogP contribution in [-0.2, 0) is 6.50 Å². The van der Waals surface area contributed by atoms with Crippen molar-refractivity contribution in [3.8, 4) is 5.75 Å². The summed E-state index contributed by atoms with van der Waals surface area (Å²) in [6.45, 7) is -1.58. The fourth-order valence-electron chi connectivity index (χ4n) is 1.58. The largest absolute Gasteiger partial charge is 0.497 e. The Hall–Kier alpha value is -1.96. The van der Waals surface area contributed by atoms with Gasteiger partial charge >= 0.3 is 0 Å². The Morgan fingerprint density at radius 3 is 2.29 bits per heavy atom. The van der Waals surface area contributed by atoms with E-state index in [1.54, 1.807) is 43.3 Å². The Kier molecular flexibility index (Phi) is 2.89. The van der Waals surface area contributed by atoms with Crippen LogP contribution < -0.4 is 9.64 Å². The first-order chi connectivity index (χ1) is 9.05. The van der Waals surface area contributed by atoms with E-state index in [-0.39, 0.29) is 0 Å². The fourth-order valence-corrected chi connectivity index (χ4v) is 1.58. The van der Waals surface area contributed by atoms with Crippen molar-refractivity contribution >= 4 is 5.69 Å². The van der Waals surface area contributed by atoms with Crippen molar-refractivity contribution in [2.24, 2.45) is 0 Å². The van der Waals surface area contributed by atoms with Gasteiger partial charge in [-0.3, -0.25) is 0 Å². The van der Waals surface area contributed by atoms with Crippen LogP contribution in [0.1, 0.15) is 8.30 Å². The summed E-state index contributed by atoms with van der Waals surface area (Å²) in [5, 5.41) is 0. The molecule has 0 atom stereocenters. The normalized spacial score (nSPS) is 12.6. The molecule has 88 valence electrons. The molecule has 0 spiro atoms. The van der Waals surface area contributed by atoms with E-state index in [9.17, 15) is 0 Å². The van der Waals surface area contributed by atoms with Crippen molar-refractivity contribution in [3.63, 3.8) is 0 Å². The maximum atomic E-state index is 8.29. The predicted octanol–water partition coefficient (Wildman–Crippen LogP) is 3.33. The molecule has 0 N–H and O–H groups in total. The van der Waals surface area contributed by atoms with E-state index in [2.05, 4.69) is 0 Å². The molecule has 0 aliphatic carbocycles. The summed E-state index contributed by atoms with van der Waals surface area (Å²) in [4.78, 5) is 1.62. The van der Waals surface area contributed by atoms with Gasteiger partial charge in [-0.1, -0.05) is 30.3 Å². The molecule has 17 heavy (non-hydrogen) atoms. The molecule has 0 radical (unpaired) electrons. The van der Waals surface area contributed by atoms with E-state index >= 15 is 0 Å². The maximum Gasteiger partial charge on any atom is 0.118 e. The zero-order chi connectivity index (χ0) is 13.9. The summed E-state index contributed by atoms with van der Waals surface area (Å²) in [5.41, 5.74) is 1.43. The van der Waals surface area contributed by atoms with Crippen molar-refractivity contribution in [1.82, 2.24) is 0 Å². The monoisotopic (exact) mass is 229 g/mol. The quantitative estimate of drug-likeness (QED) is 0.797. The average Bonchev–Trinajstić information content (AvgIpc) is 2.47. The van der Waals surface area contributed by atoms with Gasteiger partial charge in [-0.25, -0.2) is 0 Å². The first kappa shape index (κ1) is 9.11. The lowest BCUT2D eigenvalue weighted by Crippen LogP contribution is -2.15. The molecule has 0 bridgehead atoms. The van der Waals surface area contributed by atoms with Crippen molar-refractivity contribution < 1.29 is 7.48 Å². The van der Waals surface area contributed by atoms with Crippen LogP contribution >= 0.6 is 0 Å². The Bertz CT molecular complexity index is 526. The summed E-state index contributed by atoms with van der Waals surface area (Å²) < 4.78 is 21.7. The molecular formula is C15H17NO. The molecular weight excluding hydrogens is 210 g/mol. The molecule has 0 saturated heterocycles. The van der Waals surface area contributed by atoms with Gasteiger partial charge in [0.05, 0.1) is 9.85 Å². The third-order valence-electron chi connectivity index (χ3n) is 2.53. The fraction of sp³-hybridized carbons (Fsp3) is 0.200. The molecule has 2 nitrogen and oxygen atoms in total. The van der Waals surface area contributed by atoms with Gasteiger partial charge in [0.2, 0.25) is 0 Å². The van der Waals surface area contributed by atoms with E-state index in [0.717, 1.165) is 11.4 Å². The van der Waals surface area contributed by atoms with Gasteiger partial charge in [-0.05, 0) is 29.8 Å². The third-order valence-corrected chi connectivity index (χ3v) is 2.53. The van der Waals surface area contributed by atoms with Crippen LogP contribution in [0.3, 0.4) is 0 Å². The molecule has 2 heteroatoms. The molecule has 0 aromatic heterocycles. The zero-order valence-electron chi connectivity index (χ0n) is 12.1. The lowest BCUT2D eigenvalue weighted by atomic mass is 10.2. The molecule has 0 heterocycles. The molecule has 0 fully saturated rings. The second kappa shape index (κ2) is 5.39. The summed E-state index contributed by atoms with van der Waals surface area (Å²) in [5.74, 6) is 0.724. The zero-order valence-corrected chi connectivity index (χ0v) is 10.1. The number of nitrogens with zero attached hydrogens (tertiary/aromatic N) is 1. The van der Waals surface area contributed by atoms with E-state index in [1.165, 1.54) is 0 Å². The number of rotatable bonds is 4. The van der Waals surface area contributed by atoms with Crippen molar-refractivity contribution in [2.75, 3.05) is 19.1 Å². The number of anilines is 1. The first-order valence-corrected chi connectivity index (χ1v) is 5.49. The van der Waals surface area contributed by atoms with Gasteiger partial charge in [-0.2, -0.15) is 0 Å². The number of hydrogen-bond acceptors (Lipinski definition) is 2. The van der Waals surface area contributed by atoms with Gasteiger partial charge in [0.1, 0.15) is 5.75 Å². The van der Waals surface area contributed by atoms with Gasteiger partial charge in [0.25, 0.3) is 0 Å². The van der Waals surface area contributed by atoms with E-state index in [1.807, 2.05) is 30.3 Å². The van der Waals surface area contributed by atoms with Gasteiger partial charge in [-0.15, -0.1) is 0 Å². The van der Waals surface area contributed by atoms with Crippen LogP contribution in [0.2, 0.25) is 0 Å². The van der Waals surface area contributed by atoms with Crippen LogP contribution in [0.5, 0.6) is 5.75 Å². The first-order valence-electron chi connectivity index (χ1n) is 6.49. The van der Waals surface area contributed by atoms with E-state index < -0.39 is 6.50 Å². The number of benzene rings is 2. The summed E-state index contributed by atoms with van der Waals surface area (Å²) in [6.07, 6.45) is 0. The second-order valence-corrected chi connectivity index (χ2v) is 3.73. The Morgan fingerprint density at radius 1 is 1.06 bits per heavy atom. The number of ether oxygens (including phenoxy) is 1. The number of methoxy groups -OCH3 is 1. The number of para-hydroxylation sites is 1. The third kappa shape index (κ3) is 3.00. The van der Waals surface area contributed by atoms with Crippen molar-refractivity contribution in [3.05, 3.63) is 60.2 Å². The topological polar surface area (TPSA) is 12.5 Å². The molecule has 0 aliphatic rings. The van der Waals surface area contributed by atoms with E-state index in [0.29, 0.717) is 5.56 Å². The molecule has 2 rings (SSSR count). The molecule has 2 aromatic carbocycles. The molecule has 0 unspecified atom stereocenters. The summed E-state index contributed by atoms with van der Waals surface area (Å²) in [6, 6.07) is 16.5. The lowest BCUT2D eigenvalue weighted by molar-refractivity contribution is 0.414. The minimum atomic E-state index is -1.58. The van der Waals surface area contributed by atoms with Crippen molar-refractivity contribution in [1.29, 1.82) is 0 Å². The Balaban J connectivity index is 2.30. The highest BCUT2D eigenvalue weighted by atomic mass is 16.5. The molecule has 2 aromatic rings. The maximum absolute atomic E-state index is 8.29. The van der Waals surface area contributed by atoms with Crippen molar-refractivity contribution in [2.45, 2.75) is 6.50 Å². The van der Waals surface area contributed by atoms with Gasteiger partial charge < -0.3 is 9.64 Å². The summed E-state index contributed by atoms with van der Waals surface area (Å²) >= 11 is 0. The van der Waals surface area contributed by atoms with Crippen LogP contribution in [0.4, 0.5) is 5.69 Å². The van der Waals surface area contributed by atoms with E-state index in [4.69, 9.17) is 7.48 Å². The van der Waals surface area contributed by atoms with Crippen LogP contribution in [0, 0.1) is 0 Å². The van der Waals surface area contributed by atoms with Gasteiger partial charge in [0.15, 0.2) is 0 Å².